The number of thiocarbonyl (C=S) groups is 1. The number of anilines is 1. The molecule has 4 nitrogen and oxygen atoms in total. The van der Waals surface area contributed by atoms with Gasteiger partial charge in [0.2, 0.25) is 0 Å². The molecule has 0 saturated carbocycles. The van der Waals surface area contributed by atoms with E-state index in [2.05, 4.69) is 11.0 Å². The zero-order valence-electron chi connectivity index (χ0n) is 11.7. The van der Waals surface area contributed by atoms with E-state index in [0.29, 0.717) is 17.2 Å². The number of nitrogens with zero attached hydrogens (tertiary/aromatic N) is 2. The lowest BCUT2D eigenvalue weighted by Gasteiger charge is -2.34. The minimum Gasteiger partial charge on any atom is -0.389 e. The third-order valence-corrected chi connectivity index (χ3v) is 4.53. The molecule has 21 heavy (non-hydrogen) atoms. The minimum atomic E-state index is 0.316. The van der Waals surface area contributed by atoms with Crippen molar-refractivity contribution in [3.8, 4) is 0 Å². The fraction of sp³-hybridized carbons (Fsp3) is 0.375. The minimum absolute atomic E-state index is 0.316. The predicted molar refractivity (Wildman–Crippen MR) is 87.7 cm³/mol. The van der Waals surface area contributed by atoms with Crippen LogP contribution in [-0.4, -0.2) is 35.3 Å². The van der Waals surface area contributed by atoms with Crippen molar-refractivity contribution in [1.29, 1.82) is 0 Å². The topological polar surface area (TPSA) is 51.4 Å². The van der Waals surface area contributed by atoms with E-state index in [4.69, 9.17) is 27.7 Å². The van der Waals surface area contributed by atoms with Crippen molar-refractivity contribution < 1.29 is 4.74 Å². The van der Waals surface area contributed by atoms with Gasteiger partial charge >= 0.3 is 0 Å². The Bertz CT molecular complexity index is 706. The predicted octanol–water partition coefficient (Wildman–Crippen LogP) is 2.24. The molecule has 4 rings (SSSR count). The summed E-state index contributed by atoms with van der Waals surface area (Å²) in [7, 11) is 0. The summed E-state index contributed by atoms with van der Waals surface area (Å²) in [6.45, 7) is 1.74. The van der Waals surface area contributed by atoms with Crippen molar-refractivity contribution in [2.45, 2.75) is 25.0 Å². The Labute approximate surface area is 128 Å². The van der Waals surface area contributed by atoms with Gasteiger partial charge in [-0.05, 0) is 25.0 Å². The third-order valence-electron chi connectivity index (χ3n) is 4.31. The quantitative estimate of drug-likeness (QED) is 0.862. The van der Waals surface area contributed by atoms with Crippen molar-refractivity contribution in [2.75, 3.05) is 18.0 Å². The first-order valence-corrected chi connectivity index (χ1v) is 7.71. The van der Waals surface area contributed by atoms with Gasteiger partial charge in [-0.25, -0.2) is 4.98 Å². The SMILES string of the molecule is NC(=S)c1cc2ccccc2nc1N1CC2CCC(C1)O2. The number of benzene rings is 1. The van der Waals surface area contributed by atoms with Gasteiger partial charge in [0, 0.05) is 18.5 Å². The van der Waals surface area contributed by atoms with Crippen LogP contribution in [-0.2, 0) is 4.74 Å². The Kier molecular flexibility index (Phi) is 3.05. The van der Waals surface area contributed by atoms with Gasteiger partial charge in [-0.2, -0.15) is 0 Å². The molecule has 2 bridgehead atoms. The van der Waals surface area contributed by atoms with Crippen molar-refractivity contribution in [1.82, 2.24) is 4.98 Å². The summed E-state index contributed by atoms with van der Waals surface area (Å²) in [6.07, 6.45) is 2.90. The van der Waals surface area contributed by atoms with Gasteiger partial charge < -0.3 is 15.4 Å². The van der Waals surface area contributed by atoms with Crippen LogP contribution < -0.4 is 10.6 Å². The maximum absolute atomic E-state index is 5.93. The highest BCUT2D eigenvalue weighted by Gasteiger charge is 2.35. The van der Waals surface area contributed by atoms with Gasteiger partial charge in [-0.1, -0.05) is 30.4 Å². The first-order valence-electron chi connectivity index (χ1n) is 7.31. The first kappa shape index (κ1) is 13.0. The van der Waals surface area contributed by atoms with Crippen LogP contribution in [0.4, 0.5) is 5.82 Å². The van der Waals surface area contributed by atoms with Crippen LogP contribution >= 0.6 is 12.2 Å². The number of hydrogen-bond acceptors (Lipinski definition) is 4. The second kappa shape index (κ2) is 4.93. The number of rotatable bonds is 2. The van der Waals surface area contributed by atoms with Crippen LogP contribution in [0.2, 0.25) is 0 Å². The molecule has 2 aromatic rings. The average molecular weight is 299 g/mol. The fourth-order valence-corrected chi connectivity index (χ4v) is 3.47. The number of nitrogens with two attached hydrogens (primary N) is 1. The van der Waals surface area contributed by atoms with Crippen molar-refractivity contribution in [3.05, 3.63) is 35.9 Å². The summed E-state index contributed by atoms with van der Waals surface area (Å²) in [6, 6.07) is 10.1. The molecule has 2 atom stereocenters. The number of hydrogen-bond donors (Lipinski definition) is 1. The van der Waals surface area contributed by atoms with E-state index in [-0.39, 0.29) is 0 Å². The Balaban J connectivity index is 1.82. The highest BCUT2D eigenvalue weighted by molar-refractivity contribution is 7.80. The first-order chi connectivity index (χ1) is 10.2. The van der Waals surface area contributed by atoms with E-state index in [9.17, 15) is 0 Å². The van der Waals surface area contributed by atoms with E-state index in [1.807, 2.05) is 24.3 Å². The van der Waals surface area contributed by atoms with Crippen LogP contribution in [0.25, 0.3) is 10.9 Å². The zero-order valence-corrected chi connectivity index (χ0v) is 12.5. The number of fused-ring (bicyclic) bond motifs is 3. The molecule has 5 heteroatoms. The Morgan fingerprint density at radius 3 is 2.67 bits per heavy atom. The molecule has 1 aromatic heterocycles. The van der Waals surface area contributed by atoms with Crippen LogP contribution in [0, 0.1) is 0 Å². The van der Waals surface area contributed by atoms with E-state index in [1.165, 1.54) is 0 Å². The number of aromatic nitrogens is 1. The Hall–Kier alpha value is -1.72. The van der Waals surface area contributed by atoms with Crippen molar-refractivity contribution in [3.63, 3.8) is 0 Å². The molecule has 0 aliphatic carbocycles. The fourth-order valence-electron chi connectivity index (χ4n) is 3.32. The molecule has 1 aromatic carbocycles. The molecule has 0 radical (unpaired) electrons. The molecule has 108 valence electrons. The van der Waals surface area contributed by atoms with Gasteiger partial charge in [-0.15, -0.1) is 0 Å². The number of pyridine rings is 1. The number of ether oxygens (including phenoxy) is 1. The smallest absolute Gasteiger partial charge is 0.139 e. The summed E-state index contributed by atoms with van der Waals surface area (Å²) in [5, 5.41) is 1.07. The third kappa shape index (κ3) is 2.26. The maximum Gasteiger partial charge on any atom is 0.139 e. The lowest BCUT2D eigenvalue weighted by molar-refractivity contribution is 0.0302. The normalized spacial score (nSPS) is 24.5. The van der Waals surface area contributed by atoms with E-state index >= 15 is 0 Å². The second-order valence-corrected chi connectivity index (χ2v) is 6.22. The lowest BCUT2D eigenvalue weighted by Crippen LogP contribution is -2.43. The highest BCUT2D eigenvalue weighted by Crippen LogP contribution is 2.31. The van der Waals surface area contributed by atoms with E-state index in [1.54, 1.807) is 0 Å². The molecule has 3 heterocycles. The standard InChI is InChI=1S/C16H17N3OS/c17-15(21)13-7-10-3-1-2-4-14(10)18-16(13)19-8-11-5-6-12(9-19)20-11/h1-4,7,11-12H,5-6,8-9H2,(H2,17,21). The number of morpholine rings is 1. The summed E-state index contributed by atoms with van der Waals surface area (Å²) >= 11 is 5.24. The highest BCUT2D eigenvalue weighted by atomic mass is 32.1. The van der Waals surface area contributed by atoms with Gasteiger partial charge in [0.1, 0.15) is 10.8 Å². The molecule has 2 aliphatic rings. The Morgan fingerprint density at radius 2 is 1.95 bits per heavy atom. The summed E-state index contributed by atoms with van der Waals surface area (Å²) in [5.41, 5.74) is 7.77. The molecule has 2 aliphatic heterocycles. The van der Waals surface area contributed by atoms with Crippen molar-refractivity contribution >= 4 is 33.9 Å². The second-order valence-electron chi connectivity index (χ2n) is 5.78. The lowest BCUT2D eigenvalue weighted by atomic mass is 10.1. The molecule has 2 saturated heterocycles. The van der Waals surface area contributed by atoms with Crippen LogP contribution in [0.1, 0.15) is 18.4 Å². The van der Waals surface area contributed by atoms with E-state index in [0.717, 1.165) is 48.2 Å². The van der Waals surface area contributed by atoms with Crippen molar-refractivity contribution in [2.24, 2.45) is 5.73 Å². The maximum atomic E-state index is 5.93. The average Bonchev–Trinajstić information content (AvgIpc) is 2.84. The monoisotopic (exact) mass is 299 g/mol. The molecule has 0 amide bonds. The van der Waals surface area contributed by atoms with Gasteiger partial charge in [-0.3, -0.25) is 0 Å². The van der Waals surface area contributed by atoms with Gasteiger partial charge in [0.05, 0.1) is 23.3 Å². The van der Waals surface area contributed by atoms with Crippen LogP contribution in [0.3, 0.4) is 0 Å². The van der Waals surface area contributed by atoms with Crippen LogP contribution in [0.15, 0.2) is 30.3 Å². The van der Waals surface area contributed by atoms with Crippen LogP contribution in [0.5, 0.6) is 0 Å². The Morgan fingerprint density at radius 1 is 1.24 bits per heavy atom. The molecule has 2 unspecified atom stereocenters. The van der Waals surface area contributed by atoms with Gasteiger partial charge in [0.15, 0.2) is 0 Å². The molecule has 2 fully saturated rings. The number of para-hydroxylation sites is 1. The molecular formula is C16H17N3OS. The van der Waals surface area contributed by atoms with E-state index < -0.39 is 0 Å². The molecule has 0 spiro atoms. The van der Waals surface area contributed by atoms with Gasteiger partial charge in [0.25, 0.3) is 0 Å². The molecule has 2 N–H and O–H groups in total. The largest absolute Gasteiger partial charge is 0.389 e. The summed E-state index contributed by atoms with van der Waals surface area (Å²) in [5.74, 6) is 0.904. The zero-order chi connectivity index (χ0) is 14.4. The summed E-state index contributed by atoms with van der Waals surface area (Å²) < 4.78 is 5.90. The summed E-state index contributed by atoms with van der Waals surface area (Å²) in [4.78, 5) is 7.51. The molecular weight excluding hydrogens is 282 g/mol.